The van der Waals surface area contributed by atoms with Crippen molar-refractivity contribution in [1.29, 1.82) is 5.26 Å². The van der Waals surface area contributed by atoms with Crippen molar-refractivity contribution in [3.05, 3.63) is 117 Å². The predicted octanol–water partition coefficient (Wildman–Crippen LogP) is 6.85. The van der Waals surface area contributed by atoms with Crippen molar-refractivity contribution in [1.82, 2.24) is 4.98 Å². The molecule has 4 aliphatic rings. The molecule has 0 bridgehead atoms. The molecule has 0 amide bonds. The summed E-state index contributed by atoms with van der Waals surface area (Å²) in [4.78, 5) is 31.7. The summed E-state index contributed by atoms with van der Waals surface area (Å²) in [5.74, 6) is -0.980. The molecule has 4 aromatic rings. The molecule has 3 fully saturated rings. The molecule has 2 aromatic carbocycles. The average Bonchev–Trinajstić information content (AvgIpc) is 3.12. The summed E-state index contributed by atoms with van der Waals surface area (Å²) in [6.45, 7) is 8.61. The number of pyridine rings is 1. The van der Waals surface area contributed by atoms with Crippen LogP contribution in [0.25, 0.3) is 11.3 Å². The number of rotatable bonds is 4. The predicted molar refractivity (Wildman–Crippen MR) is 184 cm³/mol. The topological polar surface area (TPSA) is 141 Å². The maximum atomic E-state index is 13.8. The lowest BCUT2D eigenvalue weighted by molar-refractivity contribution is -0.330. The fraction of sp³-hybridized carbons (Fsp3) is 0.415. The molecular formula is C41H40N2O8. The van der Waals surface area contributed by atoms with Crippen molar-refractivity contribution in [2.75, 3.05) is 6.61 Å². The number of aliphatic hydroxyl groups is 1. The van der Waals surface area contributed by atoms with Crippen LogP contribution in [0, 0.1) is 40.9 Å². The first-order valence-corrected chi connectivity index (χ1v) is 17.4. The molecular weight excluding hydrogens is 648 g/mol. The van der Waals surface area contributed by atoms with Crippen LogP contribution in [0.5, 0.6) is 5.75 Å². The number of aryl methyl sites for hydroxylation is 1. The third-order valence-corrected chi connectivity index (χ3v) is 12.2. The Morgan fingerprint density at radius 2 is 1.86 bits per heavy atom. The molecule has 1 saturated heterocycles. The van der Waals surface area contributed by atoms with Crippen LogP contribution in [0.4, 0.5) is 0 Å². The van der Waals surface area contributed by atoms with Crippen molar-refractivity contribution < 1.29 is 33.3 Å². The standard InChI is InChI=1S/C41H40N2O8/c1-23-7-5-8-26(17-23)38-47-22-40(3)30-19-32(49-36(45)25-12-10-24(20-42)11-13-25)41(4)35(39(30,2)15-14-31(40)50-38)34(44)33-29(51-41)18-28(48-37(33)46)27-9-6-16-43-21-27/h5-13,16-18,21,30-32,34-35,38,44H,14-15,19,22H2,1-4H3/t30?,31-,32-,34-,35?,38+,39-,40-,41+/m0/s1. The molecule has 0 spiro atoms. The van der Waals surface area contributed by atoms with Gasteiger partial charge in [0.1, 0.15) is 28.8 Å². The Morgan fingerprint density at radius 1 is 1.06 bits per heavy atom. The smallest absolute Gasteiger partial charge is 0.345 e. The zero-order valence-electron chi connectivity index (χ0n) is 29.0. The lowest BCUT2D eigenvalue weighted by atomic mass is 9.42. The second-order valence-corrected chi connectivity index (χ2v) is 15.2. The third kappa shape index (κ3) is 5.29. The number of carbonyl (C=O) groups is 1. The maximum Gasteiger partial charge on any atom is 0.345 e. The van der Waals surface area contributed by atoms with Crippen LogP contribution < -0.4 is 10.4 Å². The molecule has 2 aromatic heterocycles. The molecule has 2 aliphatic heterocycles. The number of esters is 1. The number of hydrogen-bond donors (Lipinski definition) is 1. The summed E-state index contributed by atoms with van der Waals surface area (Å²) >= 11 is 0. The van der Waals surface area contributed by atoms with Gasteiger partial charge in [-0.2, -0.15) is 5.26 Å². The summed E-state index contributed by atoms with van der Waals surface area (Å²) in [5.41, 5.74) is 0.361. The van der Waals surface area contributed by atoms with Gasteiger partial charge in [-0.1, -0.05) is 43.7 Å². The van der Waals surface area contributed by atoms with Crippen molar-refractivity contribution >= 4 is 5.97 Å². The van der Waals surface area contributed by atoms with Gasteiger partial charge in [-0.25, -0.2) is 9.59 Å². The molecule has 262 valence electrons. The first-order chi connectivity index (χ1) is 24.4. The van der Waals surface area contributed by atoms with Gasteiger partial charge in [-0.3, -0.25) is 4.98 Å². The number of hydrogen-bond acceptors (Lipinski definition) is 10. The van der Waals surface area contributed by atoms with Crippen LogP contribution in [0.3, 0.4) is 0 Å². The number of nitrogens with zero attached hydrogens (tertiary/aromatic N) is 2. The number of aliphatic hydroxyl groups excluding tert-OH is 1. The second kappa shape index (κ2) is 12.2. The fourth-order valence-corrected chi connectivity index (χ4v) is 9.72. The zero-order valence-corrected chi connectivity index (χ0v) is 29.0. The molecule has 9 atom stereocenters. The van der Waals surface area contributed by atoms with Gasteiger partial charge in [0.15, 0.2) is 6.29 Å². The monoisotopic (exact) mass is 688 g/mol. The highest BCUT2D eigenvalue weighted by Gasteiger charge is 2.71. The number of aromatic nitrogens is 1. The SMILES string of the molecule is Cc1cccc([C@@H]2OC[C@@]3(C)C4C[C@H](OC(=O)c5ccc(C#N)cc5)[C@@]5(C)Oc6cc(-c7cccnc7)oc(=O)c6[C@H](O)C5[C@@]4(C)CC[C@@H]3O2)c1. The molecule has 10 heteroatoms. The molecule has 8 rings (SSSR count). The fourth-order valence-electron chi connectivity index (χ4n) is 9.72. The van der Waals surface area contributed by atoms with Crippen LogP contribution in [-0.2, 0) is 14.2 Å². The molecule has 2 saturated carbocycles. The quantitative estimate of drug-likeness (QED) is 0.226. The average molecular weight is 689 g/mol. The van der Waals surface area contributed by atoms with Gasteiger partial charge in [0.25, 0.3) is 0 Å². The summed E-state index contributed by atoms with van der Waals surface area (Å²) in [6.07, 6.45) is 2.17. The van der Waals surface area contributed by atoms with Crippen LogP contribution in [0.15, 0.2) is 88.3 Å². The lowest BCUT2D eigenvalue weighted by Gasteiger charge is -2.67. The van der Waals surface area contributed by atoms with E-state index in [2.05, 4.69) is 31.0 Å². The molecule has 2 unspecified atom stereocenters. The van der Waals surface area contributed by atoms with E-state index in [0.717, 1.165) is 11.1 Å². The van der Waals surface area contributed by atoms with Gasteiger partial charge < -0.3 is 28.5 Å². The molecule has 51 heavy (non-hydrogen) atoms. The summed E-state index contributed by atoms with van der Waals surface area (Å²) in [6, 6.07) is 21.6. The number of carbonyl (C=O) groups excluding carboxylic acids is 1. The number of ether oxygens (including phenoxy) is 4. The summed E-state index contributed by atoms with van der Waals surface area (Å²) in [5, 5.41) is 21.7. The van der Waals surface area contributed by atoms with Crippen molar-refractivity contribution in [2.24, 2.45) is 22.7 Å². The van der Waals surface area contributed by atoms with E-state index < -0.39 is 52.4 Å². The van der Waals surface area contributed by atoms with E-state index in [-0.39, 0.29) is 34.7 Å². The van der Waals surface area contributed by atoms with E-state index in [1.807, 2.05) is 32.0 Å². The van der Waals surface area contributed by atoms with Crippen molar-refractivity contribution in [2.45, 2.75) is 77.2 Å². The third-order valence-electron chi connectivity index (χ3n) is 12.2. The van der Waals surface area contributed by atoms with Gasteiger partial charge in [-0.15, -0.1) is 0 Å². The van der Waals surface area contributed by atoms with E-state index in [1.54, 1.807) is 54.9 Å². The van der Waals surface area contributed by atoms with E-state index in [9.17, 15) is 20.0 Å². The number of fused-ring (bicyclic) bond motifs is 6. The minimum absolute atomic E-state index is 0.0482. The molecule has 2 aliphatic carbocycles. The molecule has 4 heterocycles. The minimum Gasteiger partial charge on any atom is -0.482 e. The Bertz CT molecular complexity index is 2090. The van der Waals surface area contributed by atoms with Crippen LogP contribution in [-0.4, -0.2) is 40.5 Å². The van der Waals surface area contributed by atoms with Crippen LogP contribution >= 0.6 is 0 Å². The summed E-state index contributed by atoms with van der Waals surface area (Å²) in [7, 11) is 0. The number of benzene rings is 2. The van der Waals surface area contributed by atoms with Gasteiger partial charge in [0, 0.05) is 40.9 Å². The van der Waals surface area contributed by atoms with Crippen LogP contribution in [0.1, 0.15) is 85.0 Å². The Kier molecular flexibility index (Phi) is 7.94. The largest absolute Gasteiger partial charge is 0.482 e. The normalized spacial score (nSPS) is 33.6. The van der Waals surface area contributed by atoms with Gasteiger partial charge in [-0.05, 0) is 80.8 Å². The maximum absolute atomic E-state index is 13.8. The highest BCUT2D eigenvalue weighted by atomic mass is 16.7. The highest BCUT2D eigenvalue weighted by Crippen LogP contribution is 2.68. The molecule has 10 nitrogen and oxygen atoms in total. The Morgan fingerprint density at radius 3 is 2.59 bits per heavy atom. The molecule has 0 radical (unpaired) electrons. The first kappa shape index (κ1) is 33.3. The Labute approximate surface area is 296 Å². The van der Waals surface area contributed by atoms with Gasteiger partial charge >= 0.3 is 11.6 Å². The Hall–Kier alpha value is -4.82. The Balaban J connectivity index is 1.20. The van der Waals surface area contributed by atoms with Crippen LogP contribution in [0.2, 0.25) is 0 Å². The minimum atomic E-state index is -1.28. The lowest BCUT2D eigenvalue weighted by Crippen LogP contribution is -2.71. The zero-order chi connectivity index (χ0) is 35.7. The molecule has 1 N–H and O–H groups in total. The number of nitriles is 1. The van der Waals surface area contributed by atoms with Gasteiger partial charge in [0.05, 0.1) is 36.0 Å². The van der Waals surface area contributed by atoms with Crippen molar-refractivity contribution in [3.63, 3.8) is 0 Å². The van der Waals surface area contributed by atoms with E-state index in [1.165, 1.54) is 0 Å². The van der Waals surface area contributed by atoms with E-state index in [0.29, 0.717) is 37.0 Å². The van der Waals surface area contributed by atoms with E-state index in [4.69, 9.17) is 23.4 Å². The van der Waals surface area contributed by atoms with Crippen molar-refractivity contribution in [3.8, 4) is 23.1 Å². The first-order valence-electron chi connectivity index (χ1n) is 17.4. The highest BCUT2D eigenvalue weighted by molar-refractivity contribution is 5.89. The van der Waals surface area contributed by atoms with E-state index >= 15 is 0 Å². The summed E-state index contributed by atoms with van der Waals surface area (Å²) < 4.78 is 32.3. The second-order valence-electron chi connectivity index (χ2n) is 15.2. The van der Waals surface area contributed by atoms with Gasteiger partial charge in [0.2, 0.25) is 0 Å².